The van der Waals surface area contributed by atoms with Crippen molar-refractivity contribution in [1.82, 2.24) is 9.80 Å². The highest BCUT2D eigenvalue weighted by Gasteiger charge is 2.15. The number of nitrogens with zero attached hydrogens (tertiary/aromatic N) is 2. The van der Waals surface area contributed by atoms with Crippen molar-refractivity contribution < 1.29 is 4.39 Å². The van der Waals surface area contributed by atoms with E-state index in [0.29, 0.717) is 5.56 Å². The van der Waals surface area contributed by atoms with Gasteiger partial charge in [-0.25, -0.2) is 4.39 Å². The van der Waals surface area contributed by atoms with Gasteiger partial charge in [-0.2, -0.15) is 0 Å². The molecule has 0 aliphatic carbocycles. The third-order valence-electron chi connectivity index (χ3n) is 3.67. The van der Waals surface area contributed by atoms with E-state index in [0.717, 1.165) is 44.8 Å². The predicted molar refractivity (Wildman–Crippen MR) is 79.7 cm³/mol. The molecule has 2 N–H and O–H groups in total. The molecule has 4 heteroatoms. The molecule has 1 aliphatic heterocycles. The van der Waals surface area contributed by atoms with E-state index in [1.165, 1.54) is 6.07 Å². The summed E-state index contributed by atoms with van der Waals surface area (Å²) < 4.78 is 13.6. The number of benzene rings is 1. The number of piperazine rings is 1. The van der Waals surface area contributed by atoms with Gasteiger partial charge in [0.2, 0.25) is 0 Å². The zero-order valence-corrected chi connectivity index (χ0v) is 12.0. The molecule has 0 radical (unpaired) electrons. The van der Waals surface area contributed by atoms with Crippen molar-refractivity contribution in [3.8, 4) is 11.8 Å². The second kappa shape index (κ2) is 7.39. The molecule has 0 atom stereocenters. The number of nitrogens with two attached hydrogens (primary N) is 1. The minimum absolute atomic E-state index is 0.253. The van der Waals surface area contributed by atoms with E-state index < -0.39 is 0 Å². The summed E-state index contributed by atoms with van der Waals surface area (Å²) in [5.41, 5.74) is 6.88. The van der Waals surface area contributed by atoms with Gasteiger partial charge in [0.25, 0.3) is 0 Å². The molecule has 1 aromatic rings. The van der Waals surface area contributed by atoms with Crippen LogP contribution in [0.4, 0.5) is 4.39 Å². The fraction of sp³-hybridized carbons (Fsp3) is 0.500. The highest BCUT2D eigenvalue weighted by molar-refractivity contribution is 5.38. The second-order valence-corrected chi connectivity index (χ2v) is 5.03. The Morgan fingerprint density at radius 3 is 2.55 bits per heavy atom. The van der Waals surface area contributed by atoms with E-state index in [9.17, 15) is 4.39 Å². The van der Waals surface area contributed by atoms with Crippen LogP contribution < -0.4 is 5.73 Å². The summed E-state index contributed by atoms with van der Waals surface area (Å²) in [6.45, 7) is 8.76. The summed E-state index contributed by atoms with van der Waals surface area (Å²) in [4.78, 5) is 4.85. The Balaban J connectivity index is 1.99. The fourth-order valence-electron chi connectivity index (χ4n) is 2.43. The highest BCUT2D eigenvalue weighted by atomic mass is 19.1. The number of likely N-dealkylation sites (N-methyl/N-ethyl adjacent to an activating group) is 1. The van der Waals surface area contributed by atoms with E-state index in [-0.39, 0.29) is 12.4 Å². The van der Waals surface area contributed by atoms with Gasteiger partial charge in [-0.15, -0.1) is 0 Å². The van der Waals surface area contributed by atoms with Crippen LogP contribution in [-0.2, 0) is 6.54 Å². The first-order chi connectivity index (χ1) is 9.72. The van der Waals surface area contributed by atoms with Gasteiger partial charge in [0.05, 0.1) is 12.1 Å². The number of rotatable bonds is 3. The summed E-state index contributed by atoms with van der Waals surface area (Å²) in [6, 6.07) is 5.18. The number of hydrogen-bond donors (Lipinski definition) is 1. The highest BCUT2D eigenvalue weighted by Crippen LogP contribution is 2.13. The zero-order valence-electron chi connectivity index (χ0n) is 12.0. The van der Waals surface area contributed by atoms with Crippen LogP contribution >= 0.6 is 0 Å². The Labute approximate surface area is 120 Å². The minimum atomic E-state index is -0.273. The molecule has 108 valence electrons. The average Bonchev–Trinajstić information content (AvgIpc) is 2.48. The smallest absolute Gasteiger partial charge is 0.138 e. The summed E-state index contributed by atoms with van der Waals surface area (Å²) in [7, 11) is 0. The molecule has 2 rings (SSSR count). The third-order valence-corrected chi connectivity index (χ3v) is 3.67. The minimum Gasteiger partial charge on any atom is -0.320 e. The largest absolute Gasteiger partial charge is 0.320 e. The van der Waals surface area contributed by atoms with Gasteiger partial charge in [0.1, 0.15) is 5.82 Å². The lowest BCUT2D eigenvalue weighted by Gasteiger charge is -2.34. The maximum atomic E-state index is 13.6. The lowest BCUT2D eigenvalue weighted by Crippen LogP contribution is -2.45. The molecule has 1 heterocycles. The van der Waals surface area contributed by atoms with Crippen LogP contribution in [-0.4, -0.2) is 49.1 Å². The molecule has 0 amide bonds. The first kappa shape index (κ1) is 15.0. The van der Waals surface area contributed by atoms with Crippen LogP contribution in [0, 0.1) is 17.7 Å². The van der Waals surface area contributed by atoms with Crippen LogP contribution in [0.5, 0.6) is 0 Å². The molecule has 1 saturated heterocycles. The van der Waals surface area contributed by atoms with E-state index >= 15 is 0 Å². The summed E-state index contributed by atoms with van der Waals surface area (Å²) in [5, 5.41) is 0. The molecule has 0 saturated carbocycles. The molecular formula is C16H22FN3. The third kappa shape index (κ3) is 4.04. The molecule has 1 aliphatic rings. The van der Waals surface area contributed by atoms with Gasteiger partial charge < -0.3 is 10.6 Å². The van der Waals surface area contributed by atoms with Gasteiger partial charge >= 0.3 is 0 Å². The topological polar surface area (TPSA) is 32.5 Å². The Morgan fingerprint density at radius 2 is 1.90 bits per heavy atom. The van der Waals surface area contributed by atoms with Crippen molar-refractivity contribution in [2.45, 2.75) is 13.5 Å². The molecule has 0 unspecified atom stereocenters. The molecule has 0 spiro atoms. The molecule has 0 aromatic heterocycles. The Hall–Kier alpha value is -1.41. The zero-order chi connectivity index (χ0) is 14.4. The van der Waals surface area contributed by atoms with Crippen molar-refractivity contribution in [3.05, 3.63) is 35.1 Å². The molecule has 3 nitrogen and oxygen atoms in total. The quantitative estimate of drug-likeness (QED) is 0.843. The van der Waals surface area contributed by atoms with Gasteiger partial charge in [-0.05, 0) is 24.2 Å². The van der Waals surface area contributed by atoms with E-state index in [1.807, 2.05) is 12.1 Å². The summed E-state index contributed by atoms with van der Waals surface area (Å²) in [6.07, 6.45) is 0. The van der Waals surface area contributed by atoms with Crippen LogP contribution in [0.15, 0.2) is 18.2 Å². The molecule has 1 aromatic carbocycles. The van der Waals surface area contributed by atoms with Crippen LogP contribution in [0.25, 0.3) is 0 Å². The maximum Gasteiger partial charge on any atom is 0.138 e. The standard InChI is InChI=1S/C16H22FN3/c1-2-19-8-10-20(11-9-19)13-14-5-6-16(17)15(12-14)4-3-7-18/h5-6,12H,2,7-11,13,18H2,1H3. The molecular weight excluding hydrogens is 253 g/mol. The van der Waals surface area contributed by atoms with Crippen molar-refractivity contribution >= 4 is 0 Å². The number of hydrogen-bond acceptors (Lipinski definition) is 3. The Bertz CT molecular complexity index is 496. The first-order valence-electron chi connectivity index (χ1n) is 7.15. The molecule has 0 bridgehead atoms. The van der Waals surface area contributed by atoms with Crippen LogP contribution in [0.3, 0.4) is 0 Å². The van der Waals surface area contributed by atoms with Gasteiger partial charge in [0, 0.05) is 32.7 Å². The van der Waals surface area contributed by atoms with Crippen molar-refractivity contribution in [2.75, 3.05) is 39.3 Å². The maximum absolute atomic E-state index is 13.6. The van der Waals surface area contributed by atoms with Crippen molar-refractivity contribution in [2.24, 2.45) is 5.73 Å². The summed E-state index contributed by atoms with van der Waals surface area (Å²) in [5.74, 6) is 5.22. The lowest BCUT2D eigenvalue weighted by molar-refractivity contribution is 0.132. The van der Waals surface area contributed by atoms with Crippen molar-refractivity contribution in [3.63, 3.8) is 0 Å². The average molecular weight is 275 g/mol. The van der Waals surface area contributed by atoms with Gasteiger partial charge in [-0.3, -0.25) is 4.90 Å². The normalized spacial score (nSPS) is 16.8. The Morgan fingerprint density at radius 1 is 1.20 bits per heavy atom. The first-order valence-corrected chi connectivity index (χ1v) is 7.15. The second-order valence-electron chi connectivity index (χ2n) is 5.03. The van der Waals surface area contributed by atoms with E-state index in [2.05, 4.69) is 28.6 Å². The van der Waals surface area contributed by atoms with Crippen LogP contribution in [0.2, 0.25) is 0 Å². The van der Waals surface area contributed by atoms with E-state index in [1.54, 1.807) is 0 Å². The Kier molecular flexibility index (Phi) is 5.54. The molecule has 1 fully saturated rings. The lowest BCUT2D eigenvalue weighted by atomic mass is 10.1. The fourth-order valence-corrected chi connectivity index (χ4v) is 2.43. The van der Waals surface area contributed by atoms with Gasteiger partial charge in [-0.1, -0.05) is 24.8 Å². The van der Waals surface area contributed by atoms with Crippen molar-refractivity contribution in [1.29, 1.82) is 0 Å². The molecule has 20 heavy (non-hydrogen) atoms. The monoisotopic (exact) mass is 275 g/mol. The predicted octanol–water partition coefficient (Wildman–Crippen LogP) is 1.27. The van der Waals surface area contributed by atoms with Crippen LogP contribution in [0.1, 0.15) is 18.1 Å². The number of halogens is 1. The summed E-state index contributed by atoms with van der Waals surface area (Å²) >= 11 is 0. The van der Waals surface area contributed by atoms with Gasteiger partial charge in [0.15, 0.2) is 0 Å². The SMILES string of the molecule is CCN1CCN(Cc2ccc(F)c(C#CCN)c2)CC1. The van der Waals surface area contributed by atoms with E-state index in [4.69, 9.17) is 5.73 Å².